The van der Waals surface area contributed by atoms with Crippen molar-refractivity contribution in [3.8, 4) is 0 Å². The Balaban J connectivity index is 1.88. The second kappa shape index (κ2) is 7.22. The Hall–Kier alpha value is -1.88. The topological polar surface area (TPSA) is 67.4 Å². The molecule has 114 valence electrons. The highest BCUT2D eigenvalue weighted by atomic mass is 16.5. The van der Waals surface area contributed by atoms with Crippen molar-refractivity contribution < 1.29 is 14.3 Å². The van der Waals surface area contributed by atoms with Crippen LogP contribution in [0.15, 0.2) is 24.3 Å². The van der Waals surface area contributed by atoms with Crippen molar-refractivity contribution in [3.63, 3.8) is 0 Å². The summed E-state index contributed by atoms with van der Waals surface area (Å²) < 4.78 is 4.95. The summed E-state index contributed by atoms with van der Waals surface area (Å²) >= 11 is 0. The number of hydrogen-bond donors (Lipinski definition) is 2. The van der Waals surface area contributed by atoms with E-state index in [9.17, 15) is 9.59 Å². The Morgan fingerprint density at radius 1 is 1.38 bits per heavy atom. The second-order valence-corrected chi connectivity index (χ2v) is 5.41. The van der Waals surface area contributed by atoms with Gasteiger partial charge in [-0.15, -0.1) is 0 Å². The summed E-state index contributed by atoms with van der Waals surface area (Å²) in [6.45, 7) is 2.12. The van der Waals surface area contributed by atoms with Gasteiger partial charge in [0.25, 0.3) is 0 Å². The summed E-state index contributed by atoms with van der Waals surface area (Å²) in [5.41, 5.74) is 1.72. The van der Waals surface area contributed by atoms with Gasteiger partial charge in [-0.3, -0.25) is 9.59 Å². The van der Waals surface area contributed by atoms with Gasteiger partial charge in [-0.25, -0.2) is 0 Å². The molecule has 2 amide bonds. The summed E-state index contributed by atoms with van der Waals surface area (Å²) in [5.74, 6) is 0.104. The zero-order valence-corrected chi connectivity index (χ0v) is 12.5. The fourth-order valence-electron chi connectivity index (χ4n) is 2.11. The van der Waals surface area contributed by atoms with Gasteiger partial charge in [-0.05, 0) is 37.5 Å². The number of rotatable bonds is 6. The van der Waals surface area contributed by atoms with Crippen LogP contribution >= 0.6 is 0 Å². The highest BCUT2D eigenvalue weighted by Crippen LogP contribution is 2.27. The molecule has 5 heteroatoms. The zero-order chi connectivity index (χ0) is 15.2. The van der Waals surface area contributed by atoms with Gasteiger partial charge in [-0.2, -0.15) is 0 Å². The lowest BCUT2D eigenvalue weighted by molar-refractivity contribution is -0.130. The molecular formula is C16H22N2O3. The van der Waals surface area contributed by atoms with E-state index in [4.69, 9.17) is 4.74 Å². The summed E-state index contributed by atoms with van der Waals surface area (Å²) in [4.78, 5) is 23.5. The Bertz CT molecular complexity index is 512. The summed E-state index contributed by atoms with van der Waals surface area (Å²) in [7, 11) is 1.50. The molecule has 1 saturated carbocycles. The van der Waals surface area contributed by atoms with Gasteiger partial charge in [0.1, 0.15) is 6.10 Å². The van der Waals surface area contributed by atoms with Crippen molar-refractivity contribution in [2.75, 3.05) is 12.4 Å². The van der Waals surface area contributed by atoms with E-state index in [0.29, 0.717) is 6.54 Å². The summed E-state index contributed by atoms with van der Waals surface area (Å²) in [6, 6.07) is 7.53. The van der Waals surface area contributed by atoms with Crippen LogP contribution in [0, 0.1) is 5.92 Å². The molecule has 1 atom stereocenters. The van der Waals surface area contributed by atoms with Gasteiger partial charge in [0.05, 0.1) is 0 Å². The summed E-state index contributed by atoms with van der Waals surface area (Å²) in [5, 5.41) is 5.73. The quantitative estimate of drug-likeness (QED) is 0.843. The number of benzene rings is 1. The molecule has 0 spiro atoms. The number of carbonyl (C=O) groups is 2. The third kappa shape index (κ3) is 4.29. The molecule has 0 saturated heterocycles. The SMILES string of the molecule is COC(C)C(=O)NCc1cccc(NC(=O)C2CCC2)c1. The van der Waals surface area contributed by atoms with Crippen LogP contribution in [-0.2, 0) is 20.9 Å². The maximum absolute atomic E-state index is 11.9. The van der Waals surface area contributed by atoms with E-state index in [-0.39, 0.29) is 17.7 Å². The van der Waals surface area contributed by atoms with Crippen LogP contribution in [0.4, 0.5) is 5.69 Å². The Kier molecular flexibility index (Phi) is 5.33. The van der Waals surface area contributed by atoms with Crippen molar-refractivity contribution in [3.05, 3.63) is 29.8 Å². The Morgan fingerprint density at radius 2 is 2.14 bits per heavy atom. The van der Waals surface area contributed by atoms with Crippen LogP contribution in [0.5, 0.6) is 0 Å². The van der Waals surface area contributed by atoms with Gasteiger partial charge in [0, 0.05) is 25.3 Å². The molecular weight excluding hydrogens is 268 g/mol. The molecule has 2 N–H and O–H groups in total. The van der Waals surface area contributed by atoms with E-state index in [2.05, 4.69) is 10.6 Å². The fourth-order valence-corrected chi connectivity index (χ4v) is 2.11. The number of amides is 2. The van der Waals surface area contributed by atoms with Crippen LogP contribution in [0.2, 0.25) is 0 Å². The minimum atomic E-state index is -0.466. The van der Waals surface area contributed by atoms with E-state index in [0.717, 1.165) is 30.5 Å². The first-order chi connectivity index (χ1) is 10.1. The molecule has 1 aliphatic carbocycles. The van der Waals surface area contributed by atoms with Gasteiger partial charge in [-0.1, -0.05) is 18.6 Å². The number of carbonyl (C=O) groups excluding carboxylic acids is 2. The third-order valence-corrected chi connectivity index (χ3v) is 3.86. The van der Waals surface area contributed by atoms with Gasteiger partial charge < -0.3 is 15.4 Å². The van der Waals surface area contributed by atoms with E-state index >= 15 is 0 Å². The van der Waals surface area contributed by atoms with Crippen LogP contribution in [0.25, 0.3) is 0 Å². The van der Waals surface area contributed by atoms with E-state index in [1.54, 1.807) is 6.92 Å². The van der Waals surface area contributed by atoms with Crippen molar-refractivity contribution in [2.24, 2.45) is 5.92 Å². The second-order valence-electron chi connectivity index (χ2n) is 5.41. The van der Waals surface area contributed by atoms with E-state index < -0.39 is 6.10 Å². The van der Waals surface area contributed by atoms with Crippen LogP contribution < -0.4 is 10.6 Å². The highest BCUT2D eigenvalue weighted by Gasteiger charge is 2.25. The first-order valence-electron chi connectivity index (χ1n) is 7.30. The van der Waals surface area contributed by atoms with Crippen molar-refractivity contribution >= 4 is 17.5 Å². The Morgan fingerprint density at radius 3 is 2.76 bits per heavy atom. The number of hydrogen-bond acceptors (Lipinski definition) is 3. The van der Waals surface area contributed by atoms with Gasteiger partial charge in [0.15, 0.2) is 0 Å². The number of ether oxygens (including phenoxy) is 1. The molecule has 0 aliphatic heterocycles. The van der Waals surface area contributed by atoms with Crippen molar-refractivity contribution in [1.82, 2.24) is 5.32 Å². The lowest BCUT2D eigenvalue weighted by Gasteiger charge is -2.24. The molecule has 0 bridgehead atoms. The lowest BCUT2D eigenvalue weighted by atomic mass is 9.85. The summed E-state index contributed by atoms with van der Waals surface area (Å²) in [6.07, 6.45) is 2.64. The largest absolute Gasteiger partial charge is 0.372 e. The maximum Gasteiger partial charge on any atom is 0.249 e. The molecule has 1 aromatic carbocycles. The normalized spacial score (nSPS) is 15.9. The van der Waals surface area contributed by atoms with Crippen LogP contribution in [-0.4, -0.2) is 25.0 Å². The standard InChI is InChI=1S/C16H22N2O3/c1-11(21-2)15(19)17-10-12-5-3-8-14(9-12)18-16(20)13-6-4-7-13/h3,5,8-9,11,13H,4,6-7,10H2,1-2H3,(H,17,19)(H,18,20). The van der Waals surface area contributed by atoms with Crippen LogP contribution in [0.3, 0.4) is 0 Å². The molecule has 1 fully saturated rings. The van der Waals surface area contributed by atoms with Gasteiger partial charge in [0.2, 0.25) is 11.8 Å². The molecule has 1 aliphatic rings. The number of anilines is 1. The highest BCUT2D eigenvalue weighted by molar-refractivity contribution is 5.93. The molecule has 1 aromatic rings. The molecule has 1 unspecified atom stereocenters. The number of methoxy groups -OCH3 is 1. The van der Waals surface area contributed by atoms with E-state index in [1.165, 1.54) is 7.11 Å². The predicted octanol–water partition coefficient (Wildman–Crippen LogP) is 2.08. The average molecular weight is 290 g/mol. The minimum Gasteiger partial charge on any atom is -0.372 e. The maximum atomic E-state index is 11.9. The van der Waals surface area contributed by atoms with Crippen molar-refractivity contribution in [2.45, 2.75) is 38.8 Å². The molecule has 5 nitrogen and oxygen atoms in total. The molecule has 0 heterocycles. The smallest absolute Gasteiger partial charge is 0.249 e. The zero-order valence-electron chi connectivity index (χ0n) is 12.5. The molecule has 21 heavy (non-hydrogen) atoms. The third-order valence-electron chi connectivity index (χ3n) is 3.86. The first-order valence-corrected chi connectivity index (χ1v) is 7.30. The monoisotopic (exact) mass is 290 g/mol. The first kappa shape index (κ1) is 15.5. The van der Waals surface area contributed by atoms with Crippen molar-refractivity contribution in [1.29, 1.82) is 0 Å². The van der Waals surface area contributed by atoms with E-state index in [1.807, 2.05) is 24.3 Å². The van der Waals surface area contributed by atoms with Gasteiger partial charge >= 0.3 is 0 Å². The molecule has 2 rings (SSSR count). The lowest BCUT2D eigenvalue weighted by Crippen LogP contribution is -2.33. The Labute approximate surface area is 125 Å². The molecule has 0 aromatic heterocycles. The fraction of sp³-hybridized carbons (Fsp3) is 0.500. The minimum absolute atomic E-state index is 0.0930. The average Bonchev–Trinajstić information content (AvgIpc) is 2.42. The van der Waals surface area contributed by atoms with Crippen LogP contribution in [0.1, 0.15) is 31.7 Å². The predicted molar refractivity (Wildman–Crippen MR) is 80.7 cm³/mol. The number of nitrogens with one attached hydrogen (secondary N) is 2. The molecule has 0 radical (unpaired) electrons.